The maximum atomic E-state index is 12.7. The van der Waals surface area contributed by atoms with Crippen LogP contribution in [0.4, 0.5) is 0 Å². The molecule has 1 fully saturated rings. The van der Waals surface area contributed by atoms with E-state index < -0.39 is 0 Å². The predicted molar refractivity (Wildman–Crippen MR) is 109 cm³/mol. The molecule has 0 radical (unpaired) electrons. The molecular weight excluding hydrogens is 352 g/mol. The van der Waals surface area contributed by atoms with Crippen molar-refractivity contribution in [1.29, 1.82) is 0 Å². The smallest absolute Gasteiger partial charge is 0.253 e. The summed E-state index contributed by atoms with van der Waals surface area (Å²) in [6.07, 6.45) is 6.50. The minimum atomic E-state index is -0.0988. The van der Waals surface area contributed by atoms with Crippen molar-refractivity contribution in [3.05, 3.63) is 72.1 Å². The van der Waals surface area contributed by atoms with Crippen molar-refractivity contribution >= 4 is 28.9 Å². The third-order valence-electron chi connectivity index (χ3n) is 5.02. The topological polar surface area (TPSA) is 78.1 Å². The first-order valence-corrected chi connectivity index (χ1v) is 9.45. The monoisotopic (exact) mass is 374 g/mol. The Labute approximate surface area is 163 Å². The first-order valence-electron chi connectivity index (χ1n) is 9.45. The molecule has 0 aliphatic carbocycles. The van der Waals surface area contributed by atoms with Crippen LogP contribution in [0.25, 0.3) is 17.1 Å². The van der Waals surface area contributed by atoms with Crippen molar-refractivity contribution in [3.63, 3.8) is 0 Å². The van der Waals surface area contributed by atoms with Gasteiger partial charge in [-0.15, -0.1) is 0 Å². The number of amides is 2. The zero-order chi connectivity index (χ0) is 19.3. The Kier molecular flexibility index (Phi) is 5.19. The van der Waals surface area contributed by atoms with E-state index >= 15 is 0 Å². The zero-order valence-electron chi connectivity index (χ0n) is 15.5. The van der Waals surface area contributed by atoms with E-state index in [0.29, 0.717) is 18.7 Å². The first-order chi connectivity index (χ1) is 13.7. The van der Waals surface area contributed by atoms with Gasteiger partial charge in [-0.3, -0.25) is 9.59 Å². The van der Waals surface area contributed by atoms with Crippen LogP contribution in [-0.2, 0) is 4.79 Å². The minimum absolute atomic E-state index is 0.0187. The molecule has 1 aliphatic rings. The van der Waals surface area contributed by atoms with Gasteiger partial charge in [-0.25, -0.2) is 4.98 Å². The van der Waals surface area contributed by atoms with Crippen LogP contribution in [0, 0.1) is 0 Å². The summed E-state index contributed by atoms with van der Waals surface area (Å²) in [6, 6.07) is 15.3. The fourth-order valence-corrected chi connectivity index (χ4v) is 3.46. The van der Waals surface area contributed by atoms with Crippen molar-refractivity contribution in [2.45, 2.75) is 18.9 Å². The van der Waals surface area contributed by atoms with Gasteiger partial charge in [-0.2, -0.15) is 0 Å². The Hall–Kier alpha value is -3.41. The summed E-state index contributed by atoms with van der Waals surface area (Å²) in [5.41, 5.74) is 3.36. The number of aromatic amines is 1. The highest BCUT2D eigenvalue weighted by atomic mass is 16.2. The number of nitrogens with one attached hydrogen (secondary N) is 2. The number of carbonyl (C=O) groups excluding carboxylic acids is 2. The van der Waals surface area contributed by atoms with Gasteiger partial charge in [0.1, 0.15) is 0 Å². The second-order valence-electron chi connectivity index (χ2n) is 6.95. The summed E-state index contributed by atoms with van der Waals surface area (Å²) >= 11 is 0. The fraction of sp³-hybridized carbons (Fsp3) is 0.227. The molecule has 2 aromatic carbocycles. The number of carbonyl (C=O) groups is 2. The van der Waals surface area contributed by atoms with E-state index in [1.807, 2.05) is 53.4 Å². The minimum Gasteiger partial charge on any atom is -0.350 e. The molecule has 0 saturated carbocycles. The van der Waals surface area contributed by atoms with E-state index in [9.17, 15) is 9.59 Å². The molecule has 1 aromatic heterocycles. The number of aromatic nitrogens is 2. The van der Waals surface area contributed by atoms with Gasteiger partial charge in [-0.1, -0.05) is 30.3 Å². The van der Waals surface area contributed by atoms with Crippen molar-refractivity contribution < 1.29 is 9.59 Å². The summed E-state index contributed by atoms with van der Waals surface area (Å²) in [4.78, 5) is 33.9. The average molecular weight is 374 g/mol. The summed E-state index contributed by atoms with van der Waals surface area (Å²) in [5.74, 6) is -0.0800. The average Bonchev–Trinajstić information content (AvgIpc) is 3.21. The third-order valence-corrected chi connectivity index (χ3v) is 5.02. The summed E-state index contributed by atoms with van der Waals surface area (Å²) < 4.78 is 0. The number of nitrogens with zero attached hydrogens (tertiary/aromatic N) is 2. The van der Waals surface area contributed by atoms with Crippen molar-refractivity contribution in [3.8, 4) is 0 Å². The van der Waals surface area contributed by atoms with E-state index in [1.165, 1.54) is 0 Å². The lowest BCUT2D eigenvalue weighted by molar-refractivity contribution is -0.117. The van der Waals surface area contributed by atoms with Gasteiger partial charge in [0.05, 0.1) is 17.4 Å². The van der Waals surface area contributed by atoms with Crippen LogP contribution in [0.2, 0.25) is 0 Å². The standard InChI is InChI=1S/C22H22N4O2/c27-21(9-6-16-4-2-1-3-5-16)25-18-10-12-26(13-11-18)22(28)17-7-8-19-20(14-17)24-15-23-19/h1-9,14-15,18H,10-13H2,(H,23,24)(H,25,27)/b9-6+. The molecule has 0 spiro atoms. The zero-order valence-corrected chi connectivity index (χ0v) is 15.5. The van der Waals surface area contributed by atoms with E-state index in [0.717, 1.165) is 29.4 Å². The summed E-state index contributed by atoms with van der Waals surface area (Å²) in [6.45, 7) is 1.26. The number of benzene rings is 2. The Morgan fingerprint density at radius 3 is 2.68 bits per heavy atom. The maximum absolute atomic E-state index is 12.7. The number of hydrogen-bond donors (Lipinski definition) is 2. The Morgan fingerprint density at radius 1 is 1.11 bits per heavy atom. The van der Waals surface area contributed by atoms with Gasteiger partial charge in [0, 0.05) is 30.8 Å². The van der Waals surface area contributed by atoms with Crippen LogP contribution in [0.3, 0.4) is 0 Å². The summed E-state index contributed by atoms with van der Waals surface area (Å²) in [7, 11) is 0. The SMILES string of the molecule is O=C(/C=C/c1ccccc1)NC1CCN(C(=O)c2ccc3nc[nH]c3c2)CC1. The van der Waals surface area contributed by atoms with E-state index in [1.54, 1.807) is 18.5 Å². The molecule has 1 aliphatic heterocycles. The largest absolute Gasteiger partial charge is 0.350 e. The number of likely N-dealkylation sites (tertiary alicyclic amines) is 1. The molecule has 0 unspecified atom stereocenters. The van der Waals surface area contributed by atoms with Gasteiger partial charge in [-0.05, 0) is 42.7 Å². The van der Waals surface area contributed by atoms with Crippen LogP contribution in [-0.4, -0.2) is 45.8 Å². The van der Waals surface area contributed by atoms with Crippen LogP contribution in [0.1, 0.15) is 28.8 Å². The van der Waals surface area contributed by atoms with E-state index in [-0.39, 0.29) is 17.9 Å². The lowest BCUT2D eigenvalue weighted by atomic mass is 10.0. The van der Waals surface area contributed by atoms with Crippen LogP contribution in [0.5, 0.6) is 0 Å². The number of H-pyrrole nitrogens is 1. The molecule has 28 heavy (non-hydrogen) atoms. The number of piperidine rings is 1. The number of hydrogen-bond acceptors (Lipinski definition) is 3. The highest BCUT2D eigenvalue weighted by molar-refractivity contribution is 5.97. The number of imidazole rings is 1. The Morgan fingerprint density at radius 2 is 1.89 bits per heavy atom. The second kappa shape index (κ2) is 8.08. The molecule has 3 aromatic rings. The molecule has 2 heterocycles. The normalized spacial score (nSPS) is 15.2. The van der Waals surface area contributed by atoms with Gasteiger partial charge in [0.25, 0.3) is 5.91 Å². The highest BCUT2D eigenvalue weighted by Crippen LogP contribution is 2.17. The predicted octanol–water partition coefficient (Wildman–Crippen LogP) is 3.00. The van der Waals surface area contributed by atoms with Gasteiger partial charge < -0.3 is 15.2 Å². The van der Waals surface area contributed by atoms with Crippen LogP contribution in [0.15, 0.2) is 60.9 Å². The molecule has 142 valence electrons. The third kappa shape index (κ3) is 4.11. The molecule has 2 N–H and O–H groups in total. The molecule has 2 amide bonds. The summed E-state index contributed by atoms with van der Waals surface area (Å²) in [5, 5.41) is 3.03. The van der Waals surface area contributed by atoms with Crippen molar-refractivity contribution in [2.75, 3.05) is 13.1 Å². The lowest BCUT2D eigenvalue weighted by Crippen LogP contribution is -2.46. The number of rotatable bonds is 4. The molecule has 6 heteroatoms. The molecule has 6 nitrogen and oxygen atoms in total. The number of fused-ring (bicyclic) bond motifs is 1. The molecule has 0 atom stereocenters. The molecule has 4 rings (SSSR count). The van der Waals surface area contributed by atoms with Crippen LogP contribution >= 0.6 is 0 Å². The molecule has 1 saturated heterocycles. The lowest BCUT2D eigenvalue weighted by Gasteiger charge is -2.32. The first kappa shape index (κ1) is 18.0. The van der Waals surface area contributed by atoms with Crippen molar-refractivity contribution in [1.82, 2.24) is 20.2 Å². The van der Waals surface area contributed by atoms with E-state index in [2.05, 4.69) is 15.3 Å². The quantitative estimate of drug-likeness (QED) is 0.689. The maximum Gasteiger partial charge on any atom is 0.253 e. The van der Waals surface area contributed by atoms with Gasteiger partial charge >= 0.3 is 0 Å². The highest BCUT2D eigenvalue weighted by Gasteiger charge is 2.24. The van der Waals surface area contributed by atoms with Gasteiger partial charge in [0.15, 0.2) is 0 Å². The van der Waals surface area contributed by atoms with Crippen LogP contribution < -0.4 is 5.32 Å². The molecule has 0 bridgehead atoms. The Balaban J connectivity index is 1.29. The van der Waals surface area contributed by atoms with Gasteiger partial charge in [0.2, 0.25) is 5.91 Å². The molecular formula is C22H22N4O2. The Bertz CT molecular complexity index is 1000. The second-order valence-corrected chi connectivity index (χ2v) is 6.95. The van der Waals surface area contributed by atoms with Crippen molar-refractivity contribution in [2.24, 2.45) is 0 Å². The van der Waals surface area contributed by atoms with E-state index in [4.69, 9.17) is 0 Å². The fourth-order valence-electron chi connectivity index (χ4n) is 3.46.